The van der Waals surface area contributed by atoms with Gasteiger partial charge in [-0.05, 0) is 6.92 Å². The zero-order valence-electron chi connectivity index (χ0n) is 11.1. The molecule has 0 amide bonds. The number of fused-ring (bicyclic) bond motifs is 1. The highest BCUT2D eigenvalue weighted by Gasteiger charge is 2.53. The molecule has 2 aromatic heterocycles. The molecule has 1 aliphatic heterocycles. The van der Waals surface area contributed by atoms with Crippen LogP contribution in [0.15, 0.2) is 17.3 Å². The molecule has 0 spiro atoms. The number of Topliss-reactive ketones (excluding diaryl/α,β-unsaturated/α-hetero) is 1. The number of nitrogens with one attached hydrogen (secondary N) is 3. The van der Waals surface area contributed by atoms with Crippen molar-refractivity contribution in [2.24, 2.45) is 5.73 Å². The Balaban J connectivity index is 2.16. The van der Waals surface area contributed by atoms with Crippen LogP contribution in [0, 0.1) is 0 Å². The van der Waals surface area contributed by atoms with Crippen LogP contribution in [0.3, 0.4) is 0 Å². The molecule has 3 rings (SSSR count). The van der Waals surface area contributed by atoms with Crippen molar-refractivity contribution >= 4 is 16.8 Å². The lowest BCUT2D eigenvalue weighted by atomic mass is 9.95. The average Bonchev–Trinajstić information content (AvgIpc) is 2.96. The summed E-state index contributed by atoms with van der Waals surface area (Å²) in [5, 5.41) is 22.9. The van der Waals surface area contributed by atoms with Gasteiger partial charge in [0.15, 0.2) is 0 Å². The molecule has 0 aromatic carbocycles. The molecule has 9 nitrogen and oxygen atoms in total. The van der Waals surface area contributed by atoms with E-state index in [2.05, 4.69) is 20.3 Å². The fourth-order valence-corrected chi connectivity index (χ4v) is 2.72. The number of rotatable bonds is 2. The quantitative estimate of drug-likeness (QED) is 0.361. The SMILES string of the molecule is CC(=O)[C@H]1N[C@@](N)(c2c[nH]c3c(=O)[nH]cnc23)[C@H](O)[C@@H]1O. The van der Waals surface area contributed by atoms with Crippen LogP contribution in [0.4, 0.5) is 0 Å². The lowest BCUT2D eigenvalue weighted by molar-refractivity contribution is -0.121. The number of ketones is 1. The predicted octanol–water partition coefficient (Wildman–Crippen LogP) is -2.35. The highest BCUT2D eigenvalue weighted by Crippen LogP contribution is 2.32. The summed E-state index contributed by atoms with van der Waals surface area (Å²) in [7, 11) is 0. The molecule has 7 N–H and O–H groups in total. The number of carbonyl (C=O) groups is 1. The van der Waals surface area contributed by atoms with Gasteiger partial charge in [0.05, 0.1) is 12.4 Å². The van der Waals surface area contributed by atoms with Gasteiger partial charge in [0.2, 0.25) is 0 Å². The Bertz CT molecular complexity index is 768. The number of aliphatic hydroxyl groups excluding tert-OH is 2. The summed E-state index contributed by atoms with van der Waals surface area (Å²) in [5.74, 6) is -0.348. The molecule has 0 unspecified atom stereocenters. The number of hydrogen-bond donors (Lipinski definition) is 6. The van der Waals surface area contributed by atoms with Crippen LogP contribution < -0.4 is 16.6 Å². The average molecular weight is 293 g/mol. The third-order valence-electron chi connectivity index (χ3n) is 3.88. The monoisotopic (exact) mass is 293 g/mol. The molecule has 21 heavy (non-hydrogen) atoms. The van der Waals surface area contributed by atoms with Gasteiger partial charge in [-0.15, -0.1) is 0 Å². The van der Waals surface area contributed by atoms with Crippen molar-refractivity contribution in [2.75, 3.05) is 0 Å². The van der Waals surface area contributed by atoms with E-state index in [1.807, 2.05) is 0 Å². The van der Waals surface area contributed by atoms with Gasteiger partial charge >= 0.3 is 0 Å². The number of aliphatic hydroxyl groups is 2. The summed E-state index contributed by atoms with van der Waals surface area (Å²) in [6, 6.07) is -0.989. The molecule has 1 fully saturated rings. The van der Waals surface area contributed by atoms with E-state index in [4.69, 9.17) is 5.73 Å². The van der Waals surface area contributed by atoms with Gasteiger partial charge < -0.3 is 25.9 Å². The first kappa shape index (κ1) is 13.9. The van der Waals surface area contributed by atoms with Crippen LogP contribution in [-0.2, 0) is 10.5 Å². The molecule has 2 aromatic rings. The summed E-state index contributed by atoms with van der Waals surface area (Å²) < 4.78 is 0. The van der Waals surface area contributed by atoms with Crippen molar-refractivity contribution in [1.82, 2.24) is 20.3 Å². The normalized spacial score (nSPS) is 32.7. The van der Waals surface area contributed by atoms with E-state index in [0.717, 1.165) is 0 Å². The zero-order chi connectivity index (χ0) is 15.4. The van der Waals surface area contributed by atoms with E-state index in [0.29, 0.717) is 5.56 Å². The van der Waals surface area contributed by atoms with E-state index < -0.39 is 23.9 Å². The van der Waals surface area contributed by atoms with E-state index in [1.165, 1.54) is 19.4 Å². The molecule has 1 saturated heterocycles. The minimum Gasteiger partial charge on any atom is -0.388 e. The van der Waals surface area contributed by atoms with Gasteiger partial charge in [0, 0.05) is 11.8 Å². The van der Waals surface area contributed by atoms with Crippen LogP contribution in [-0.4, -0.2) is 49.2 Å². The maximum Gasteiger partial charge on any atom is 0.275 e. The molecule has 0 bridgehead atoms. The minimum atomic E-state index is -1.59. The summed E-state index contributed by atoms with van der Waals surface area (Å²) in [6.45, 7) is 1.29. The third kappa shape index (κ3) is 1.83. The molecular formula is C12H15N5O4. The summed E-state index contributed by atoms with van der Waals surface area (Å²) in [5.41, 5.74) is 4.96. The first-order valence-electron chi connectivity index (χ1n) is 6.34. The van der Waals surface area contributed by atoms with Crippen molar-refractivity contribution in [3.8, 4) is 0 Å². The Morgan fingerprint density at radius 1 is 1.43 bits per heavy atom. The molecule has 0 aliphatic carbocycles. The summed E-state index contributed by atoms with van der Waals surface area (Å²) >= 11 is 0. The summed E-state index contributed by atoms with van der Waals surface area (Å²) in [4.78, 5) is 32.4. The van der Waals surface area contributed by atoms with Crippen molar-refractivity contribution in [3.05, 3.63) is 28.4 Å². The molecule has 9 heteroatoms. The number of H-pyrrole nitrogens is 2. The maximum absolute atomic E-state index is 11.7. The van der Waals surface area contributed by atoms with Gasteiger partial charge in [0.1, 0.15) is 34.7 Å². The van der Waals surface area contributed by atoms with Crippen LogP contribution in [0.1, 0.15) is 12.5 Å². The number of hydrogen-bond acceptors (Lipinski definition) is 7. The fraction of sp³-hybridized carbons (Fsp3) is 0.417. The molecule has 3 heterocycles. The van der Waals surface area contributed by atoms with E-state index >= 15 is 0 Å². The third-order valence-corrected chi connectivity index (χ3v) is 3.88. The van der Waals surface area contributed by atoms with Crippen molar-refractivity contribution in [3.63, 3.8) is 0 Å². The molecule has 0 radical (unpaired) electrons. The molecule has 1 aliphatic rings. The van der Waals surface area contributed by atoms with Gasteiger partial charge in [-0.1, -0.05) is 0 Å². The standard InChI is InChI=1S/C12H15N5O4/c1-4(18)6-9(19)10(20)12(13,17-6)5-2-14-8-7(5)15-3-16-11(8)21/h2-3,6,9-10,14,17,19-20H,13H2,1H3,(H,15,16,21)/t6-,9-,10-,12+/m1/s1. The Morgan fingerprint density at radius 3 is 2.76 bits per heavy atom. The second-order valence-electron chi connectivity index (χ2n) is 5.19. The predicted molar refractivity (Wildman–Crippen MR) is 72.2 cm³/mol. The van der Waals surface area contributed by atoms with Crippen LogP contribution in [0.25, 0.3) is 11.0 Å². The zero-order valence-corrected chi connectivity index (χ0v) is 11.1. The highest BCUT2D eigenvalue weighted by atomic mass is 16.3. The molecule has 4 atom stereocenters. The Labute approximate surface area is 118 Å². The topological polar surface area (TPSA) is 157 Å². The first-order chi connectivity index (χ1) is 9.86. The second kappa shape index (κ2) is 4.46. The number of aromatic amines is 2. The number of nitrogens with zero attached hydrogens (tertiary/aromatic N) is 1. The van der Waals surface area contributed by atoms with Crippen LogP contribution >= 0.6 is 0 Å². The molecule has 112 valence electrons. The van der Waals surface area contributed by atoms with Gasteiger partial charge in [-0.2, -0.15) is 0 Å². The maximum atomic E-state index is 11.7. The van der Waals surface area contributed by atoms with E-state index in [1.54, 1.807) is 0 Å². The lowest BCUT2D eigenvalue weighted by Gasteiger charge is -2.28. The highest BCUT2D eigenvalue weighted by molar-refractivity contribution is 5.84. The molecule has 0 saturated carbocycles. The number of aromatic nitrogens is 3. The van der Waals surface area contributed by atoms with Crippen molar-refractivity contribution < 1.29 is 15.0 Å². The van der Waals surface area contributed by atoms with Crippen LogP contribution in [0.5, 0.6) is 0 Å². The van der Waals surface area contributed by atoms with E-state index in [9.17, 15) is 19.8 Å². The Morgan fingerprint density at radius 2 is 2.14 bits per heavy atom. The number of nitrogens with two attached hydrogens (primary N) is 1. The van der Waals surface area contributed by atoms with Gasteiger partial charge in [-0.25, -0.2) is 4.98 Å². The number of carbonyl (C=O) groups excluding carboxylic acids is 1. The van der Waals surface area contributed by atoms with Crippen LogP contribution in [0.2, 0.25) is 0 Å². The minimum absolute atomic E-state index is 0.201. The fourth-order valence-electron chi connectivity index (χ4n) is 2.72. The van der Waals surface area contributed by atoms with Gasteiger partial charge in [-0.3, -0.25) is 14.9 Å². The van der Waals surface area contributed by atoms with Crippen molar-refractivity contribution in [2.45, 2.75) is 30.8 Å². The van der Waals surface area contributed by atoms with Gasteiger partial charge in [0.25, 0.3) is 5.56 Å². The van der Waals surface area contributed by atoms with E-state index in [-0.39, 0.29) is 22.4 Å². The largest absolute Gasteiger partial charge is 0.388 e. The second-order valence-corrected chi connectivity index (χ2v) is 5.19. The van der Waals surface area contributed by atoms with Crippen molar-refractivity contribution in [1.29, 1.82) is 0 Å². The first-order valence-corrected chi connectivity index (χ1v) is 6.34. The Kier molecular flexibility index (Phi) is 2.95. The smallest absolute Gasteiger partial charge is 0.275 e. The summed E-state index contributed by atoms with van der Waals surface area (Å²) in [6.07, 6.45) is -0.129. The Hall–Kier alpha value is -2.07. The lowest BCUT2D eigenvalue weighted by Crippen LogP contribution is -2.55. The molecular weight excluding hydrogens is 278 g/mol.